The summed E-state index contributed by atoms with van der Waals surface area (Å²) in [5.74, 6) is -1.71. The van der Waals surface area contributed by atoms with Gasteiger partial charge in [0.05, 0.1) is 11.2 Å². The maximum atomic E-state index is 15.3. The molecule has 2 aliphatic heterocycles. The average Bonchev–Trinajstić information content (AvgIpc) is 3.44. The molecule has 3 heterocycles. The summed E-state index contributed by atoms with van der Waals surface area (Å²) in [6, 6.07) is 1.65. The SMILES string of the molecule is CN=C1Cc2c(c(F)cc3c(=O)c(C(=O)O)cn(C4CC4)c23)N2CCCC2C1. The molecule has 0 spiro atoms. The first-order valence-corrected chi connectivity index (χ1v) is 9.84. The number of fused-ring (bicyclic) bond motifs is 5. The van der Waals surface area contributed by atoms with Gasteiger partial charge in [-0.2, -0.15) is 0 Å². The van der Waals surface area contributed by atoms with Gasteiger partial charge in [0.1, 0.15) is 11.4 Å². The minimum atomic E-state index is -1.27. The van der Waals surface area contributed by atoms with Gasteiger partial charge in [-0.25, -0.2) is 9.18 Å². The van der Waals surface area contributed by atoms with Crippen molar-refractivity contribution in [3.05, 3.63) is 39.4 Å². The second-order valence-electron chi connectivity index (χ2n) is 8.06. The van der Waals surface area contributed by atoms with E-state index in [0.717, 1.165) is 49.9 Å². The molecule has 7 heteroatoms. The Balaban J connectivity index is 1.90. The molecule has 1 atom stereocenters. The van der Waals surface area contributed by atoms with Crippen molar-refractivity contribution in [3.8, 4) is 0 Å². The maximum absolute atomic E-state index is 15.3. The normalized spacial score (nSPS) is 23.0. The van der Waals surface area contributed by atoms with Crippen LogP contribution in [0.2, 0.25) is 0 Å². The van der Waals surface area contributed by atoms with Crippen molar-refractivity contribution in [2.45, 2.75) is 50.6 Å². The molecule has 6 nitrogen and oxygen atoms in total. The molecule has 1 N–H and O–H groups in total. The molecule has 146 valence electrons. The largest absolute Gasteiger partial charge is 0.477 e. The number of carboxylic acid groups (broad SMARTS) is 1. The second-order valence-corrected chi connectivity index (χ2v) is 8.06. The molecular weight excluding hydrogens is 361 g/mol. The highest BCUT2D eigenvalue weighted by Gasteiger charge is 2.36. The Morgan fingerprint density at radius 2 is 2.07 bits per heavy atom. The zero-order valence-electron chi connectivity index (χ0n) is 15.7. The number of nitrogens with zero attached hydrogens (tertiary/aromatic N) is 3. The Hall–Kier alpha value is -2.70. The lowest BCUT2D eigenvalue weighted by Gasteiger charge is -2.27. The maximum Gasteiger partial charge on any atom is 0.341 e. The number of halogens is 1. The lowest BCUT2D eigenvalue weighted by atomic mass is 9.98. The summed E-state index contributed by atoms with van der Waals surface area (Å²) in [5.41, 5.74) is 2.13. The van der Waals surface area contributed by atoms with Crippen LogP contribution >= 0.6 is 0 Å². The van der Waals surface area contributed by atoms with E-state index in [4.69, 9.17) is 0 Å². The molecule has 3 aliphatic rings. The number of aromatic carboxylic acids is 1. The van der Waals surface area contributed by atoms with Crippen LogP contribution < -0.4 is 10.3 Å². The third kappa shape index (κ3) is 2.48. The summed E-state index contributed by atoms with van der Waals surface area (Å²) in [6.45, 7) is 0.790. The van der Waals surface area contributed by atoms with E-state index in [1.165, 1.54) is 12.3 Å². The molecule has 0 bridgehead atoms. The molecule has 2 fully saturated rings. The molecule has 0 amide bonds. The minimum absolute atomic E-state index is 0.162. The summed E-state index contributed by atoms with van der Waals surface area (Å²) in [4.78, 5) is 31.0. The molecule has 1 unspecified atom stereocenters. The third-order valence-electron chi connectivity index (χ3n) is 6.34. The van der Waals surface area contributed by atoms with Crippen molar-refractivity contribution in [2.75, 3.05) is 18.5 Å². The lowest BCUT2D eigenvalue weighted by Crippen LogP contribution is -2.30. The van der Waals surface area contributed by atoms with Gasteiger partial charge in [-0.05, 0) is 31.7 Å². The van der Waals surface area contributed by atoms with E-state index in [1.54, 1.807) is 7.05 Å². The number of hydrogen-bond acceptors (Lipinski definition) is 4. The number of hydrogen-bond donors (Lipinski definition) is 1. The number of rotatable bonds is 2. The van der Waals surface area contributed by atoms with Crippen LogP contribution in [0.5, 0.6) is 0 Å². The van der Waals surface area contributed by atoms with Crippen LogP contribution in [0.4, 0.5) is 10.1 Å². The number of carboxylic acids is 1. The average molecular weight is 383 g/mol. The molecule has 1 aromatic carbocycles. The van der Waals surface area contributed by atoms with E-state index in [-0.39, 0.29) is 23.0 Å². The van der Waals surface area contributed by atoms with Crippen LogP contribution in [-0.4, -0.2) is 41.0 Å². The minimum Gasteiger partial charge on any atom is -0.477 e. The first-order valence-electron chi connectivity index (χ1n) is 9.84. The number of anilines is 1. The third-order valence-corrected chi connectivity index (χ3v) is 6.34. The molecular formula is C21H22FN3O3. The fourth-order valence-corrected chi connectivity index (χ4v) is 4.89. The molecule has 1 aliphatic carbocycles. The summed E-state index contributed by atoms with van der Waals surface area (Å²) in [6.07, 6.45) is 6.63. The highest BCUT2D eigenvalue weighted by molar-refractivity contribution is 5.99. The van der Waals surface area contributed by atoms with Crippen molar-refractivity contribution < 1.29 is 14.3 Å². The fraction of sp³-hybridized carbons (Fsp3) is 0.476. The van der Waals surface area contributed by atoms with Gasteiger partial charge in [0.2, 0.25) is 5.43 Å². The summed E-state index contributed by atoms with van der Waals surface area (Å²) in [5, 5.41) is 9.64. The van der Waals surface area contributed by atoms with E-state index >= 15 is 4.39 Å². The second kappa shape index (κ2) is 6.15. The number of aliphatic imine (C=N–C) groups is 1. The van der Waals surface area contributed by atoms with Gasteiger partial charge in [0.15, 0.2) is 0 Å². The summed E-state index contributed by atoms with van der Waals surface area (Å²) in [7, 11) is 1.76. The van der Waals surface area contributed by atoms with Crippen LogP contribution in [0.3, 0.4) is 0 Å². The van der Waals surface area contributed by atoms with Crippen molar-refractivity contribution in [1.29, 1.82) is 0 Å². The van der Waals surface area contributed by atoms with Crippen LogP contribution in [-0.2, 0) is 6.42 Å². The molecule has 1 aromatic heterocycles. The quantitative estimate of drug-likeness (QED) is 0.864. The summed E-state index contributed by atoms with van der Waals surface area (Å²) < 4.78 is 17.2. The Bertz CT molecular complexity index is 1100. The van der Waals surface area contributed by atoms with Gasteiger partial charge >= 0.3 is 5.97 Å². The first kappa shape index (κ1) is 17.4. The van der Waals surface area contributed by atoms with Crippen LogP contribution in [0.25, 0.3) is 10.9 Å². The highest BCUT2D eigenvalue weighted by atomic mass is 19.1. The smallest absolute Gasteiger partial charge is 0.341 e. The Kier molecular flexibility index (Phi) is 3.82. The predicted molar refractivity (Wildman–Crippen MR) is 105 cm³/mol. The Labute approximate surface area is 161 Å². The van der Waals surface area contributed by atoms with Gasteiger partial charge in [-0.15, -0.1) is 0 Å². The first-order chi connectivity index (χ1) is 13.5. The van der Waals surface area contributed by atoms with Gasteiger partial charge in [0, 0.05) is 61.4 Å². The van der Waals surface area contributed by atoms with Gasteiger partial charge in [-0.3, -0.25) is 9.79 Å². The number of benzene rings is 1. The molecule has 1 saturated carbocycles. The zero-order chi connectivity index (χ0) is 19.6. The van der Waals surface area contributed by atoms with Crippen molar-refractivity contribution in [3.63, 3.8) is 0 Å². The van der Waals surface area contributed by atoms with E-state index in [2.05, 4.69) is 9.89 Å². The molecule has 5 rings (SSSR count). The number of aromatic nitrogens is 1. The van der Waals surface area contributed by atoms with Crippen LogP contribution in [0, 0.1) is 5.82 Å². The van der Waals surface area contributed by atoms with Crippen molar-refractivity contribution in [2.24, 2.45) is 4.99 Å². The molecule has 1 saturated heterocycles. The number of pyridine rings is 1. The highest BCUT2D eigenvalue weighted by Crippen LogP contribution is 2.43. The van der Waals surface area contributed by atoms with E-state index in [0.29, 0.717) is 17.6 Å². The lowest BCUT2D eigenvalue weighted by molar-refractivity contribution is 0.0695. The van der Waals surface area contributed by atoms with Crippen molar-refractivity contribution in [1.82, 2.24) is 4.57 Å². The van der Waals surface area contributed by atoms with Gasteiger partial charge in [0.25, 0.3) is 0 Å². The zero-order valence-corrected chi connectivity index (χ0v) is 15.7. The van der Waals surface area contributed by atoms with E-state index < -0.39 is 17.2 Å². The fourth-order valence-electron chi connectivity index (χ4n) is 4.89. The van der Waals surface area contributed by atoms with Crippen LogP contribution in [0.15, 0.2) is 22.1 Å². The van der Waals surface area contributed by atoms with E-state index in [1.807, 2.05) is 4.57 Å². The summed E-state index contributed by atoms with van der Waals surface area (Å²) >= 11 is 0. The number of carbonyl (C=O) groups is 1. The van der Waals surface area contributed by atoms with Gasteiger partial charge < -0.3 is 14.6 Å². The predicted octanol–water partition coefficient (Wildman–Crippen LogP) is 3.16. The standard InChI is InChI=1S/C21H22FN3O3/c1-23-11-7-13-3-2-6-24(13)19-14(8-11)18-15(9-17(19)22)20(26)16(21(27)28)10-25(18)12-4-5-12/h9-10,12-13H,2-8H2,1H3,(H,27,28). The molecule has 28 heavy (non-hydrogen) atoms. The monoisotopic (exact) mass is 383 g/mol. The molecule has 2 aromatic rings. The Morgan fingerprint density at radius 3 is 2.75 bits per heavy atom. The van der Waals surface area contributed by atoms with E-state index in [9.17, 15) is 14.7 Å². The topological polar surface area (TPSA) is 74.9 Å². The molecule has 0 radical (unpaired) electrons. The van der Waals surface area contributed by atoms with Gasteiger partial charge in [-0.1, -0.05) is 0 Å². The van der Waals surface area contributed by atoms with Crippen LogP contribution in [0.1, 0.15) is 54.1 Å². The van der Waals surface area contributed by atoms with Crippen molar-refractivity contribution >= 4 is 28.3 Å². The Morgan fingerprint density at radius 1 is 1.29 bits per heavy atom.